The molecule has 1 aromatic carbocycles. The third-order valence-electron chi connectivity index (χ3n) is 3.48. The van der Waals surface area contributed by atoms with Crippen molar-refractivity contribution in [2.24, 2.45) is 5.73 Å². The molecule has 1 fully saturated rings. The smallest absolute Gasteiger partial charge is 0.253 e. The van der Waals surface area contributed by atoms with E-state index in [-0.39, 0.29) is 24.4 Å². The van der Waals surface area contributed by atoms with Crippen molar-refractivity contribution in [2.75, 3.05) is 13.1 Å². The normalized spacial score (nSPS) is 18.8. The molecule has 4 heteroatoms. The van der Waals surface area contributed by atoms with Crippen molar-refractivity contribution in [1.82, 2.24) is 4.90 Å². The van der Waals surface area contributed by atoms with Crippen molar-refractivity contribution < 1.29 is 4.79 Å². The number of nitrogens with zero attached hydrogens (tertiary/aromatic N) is 1. The van der Waals surface area contributed by atoms with Gasteiger partial charge in [-0.1, -0.05) is 25.5 Å². The molecular formula is C15H23ClN2O. The summed E-state index contributed by atoms with van der Waals surface area (Å²) in [6, 6.07) is 8.13. The first-order valence-electron chi connectivity index (χ1n) is 6.84. The number of carbonyl (C=O) groups excluding carboxylic acids is 1. The Labute approximate surface area is 121 Å². The van der Waals surface area contributed by atoms with Gasteiger partial charge in [-0.05, 0) is 37.0 Å². The first-order chi connectivity index (χ1) is 8.70. The number of hydrogen-bond donors (Lipinski definition) is 1. The lowest BCUT2D eigenvalue weighted by molar-refractivity contribution is 0.0709. The molecule has 0 saturated carbocycles. The molecule has 1 aliphatic heterocycles. The molecule has 1 atom stereocenters. The third-order valence-corrected chi connectivity index (χ3v) is 3.48. The van der Waals surface area contributed by atoms with Crippen LogP contribution in [-0.4, -0.2) is 29.9 Å². The van der Waals surface area contributed by atoms with Crippen molar-refractivity contribution in [3.63, 3.8) is 0 Å². The van der Waals surface area contributed by atoms with Crippen molar-refractivity contribution >= 4 is 18.3 Å². The number of piperidine rings is 1. The fraction of sp³-hybridized carbons (Fsp3) is 0.533. The van der Waals surface area contributed by atoms with Crippen LogP contribution in [-0.2, 0) is 6.42 Å². The zero-order valence-corrected chi connectivity index (χ0v) is 12.3. The monoisotopic (exact) mass is 282 g/mol. The minimum atomic E-state index is 0. The number of rotatable bonds is 3. The molecule has 1 heterocycles. The SMILES string of the molecule is CCCc1ccc(C(=O)N2CCCC(N)C2)cc1.Cl. The first kappa shape index (κ1) is 16.0. The minimum absolute atomic E-state index is 0. The molecule has 1 amide bonds. The van der Waals surface area contributed by atoms with E-state index in [0.29, 0.717) is 6.54 Å². The van der Waals surface area contributed by atoms with Crippen LogP contribution in [0.4, 0.5) is 0 Å². The third kappa shape index (κ3) is 4.22. The molecular weight excluding hydrogens is 260 g/mol. The van der Waals surface area contributed by atoms with Gasteiger partial charge in [0.2, 0.25) is 0 Å². The highest BCUT2D eigenvalue weighted by atomic mass is 35.5. The topological polar surface area (TPSA) is 46.3 Å². The Morgan fingerprint density at radius 1 is 1.37 bits per heavy atom. The minimum Gasteiger partial charge on any atom is -0.337 e. The van der Waals surface area contributed by atoms with Crippen molar-refractivity contribution in [1.29, 1.82) is 0 Å². The van der Waals surface area contributed by atoms with Crippen LogP contribution < -0.4 is 5.73 Å². The van der Waals surface area contributed by atoms with Crippen molar-refractivity contribution in [3.8, 4) is 0 Å². The Balaban J connectivity index is 0.00000180. The van der Waals surface area contributed by atoms with Gasteiger partial charge in [0.15, 0.2) is 0 Å². The maximum Gasteiger partial charge on any atom is 0.253 e. The van der Waals surface area contributed by atoms with Gasteiger partial charge in [-0.3, -0.25) is 4.79 Å². The molecule has 1 unspecified atom stereocenters. The number of likely N-dealkylation sites (tertiary alicyclic amines) is 1. The van der Waals surface area contributed by atoms with Crippen LogP contribution in [0.1, 0.15) is 42.1 Å². The van der Waals surface area contributed by atoms with Crippen LogP contribution in [0, 0.1) is 0 Å². The van der Waals surface area contributed by atoms with E-state index in [1.165, 1.54) is 5.56 Å². The Hall–Kier alpha value is -1.06. The van der Waals surface area contributed by atoms with Crippen LogP contribution in [0.3, 0.4) is 0 Å². The average Bonchev–Trinajstić information content (AvgIpc) is 2.39. The van der Waals surface area contributed by atoms with Gasteiger partial charge in [0.25, 0.3) is 5.91 Å². The van der Waals surface area contributed by atoms with Crippen LogP contribution in [0.2, 0.25) is 0 Å². The van der Waals surface area contributed by atoms with Gasteiger partial charge in [-0.25, -0.2) is 0 Å². The van der Waals surface area contributed by atoms with Gasteiger partial charge < -0.3 is 10.6 Å². The molecule has 0 radical (unpaired) electrons. The fourth-order valence-corrected chi connectivity index (χ4v) is 2.48. The number of nitrogens with two attached hydrogens (primary N) is 1. The standard InChI is InChI=1S/C15H22N2O.ClH/c1-2-4-12-6-8-13(9-7-12)15(18)17-10-3-5-14(16)11-17;/h6-9,14H,2-5,10-11,16H2,1H3;1H. The summed E-state index contributed by atoms with van der Waals surface area (Å²) < 4.78 is 0. The lowest BCUT2D eigenvalue weighted by atomic mass is 10.0. The molecule has 3 nitrogen and oxygen atoms in total. The van der Waals surface area contributed by atoms with Gasteiger partial charge in [0.05, 0.1) is 0 Å². The summed E-state index contributed by atoms with van der Waals surface area (Å²) in [6.45, 7) is 3.69. The van der Waals surface area contributed by atoms with Crippen molar-refractivity contribution in [2.45, 2.75) is 38.6 Å². The summed E-state index contributed by atoms with van der Waals surface area (Å²) in [5.74, 6) is 0.119. The fourth-order valence-electron chi connectivity index (χ4n) is 2.48. The molecule has 1 aromatic rings. The van der Waals surface area contributed by atoms with Gasteiger partial charge in [0.1, 0.15) is 0 Å². The zero-order valence-electron chi connectivity index (χ0n) is 11.5. The number of halogens is 1. The van der Waals surface area contributed by atoms with E-state index in [2.05, 4.69) is 19.1 Å². The Morgan fingerprint density at radius 3 is 2.63 bits per heavy atom. The van der Waals surface area contributed by atoms with E-state index in [0.717, 1.165) is 37.8 Å². The van der Waals surface area contributed by atoms with E-state index in [1.54, 1.807) is 0 Å². The van der Waals surface area contributed by atoms with Crippen molar-refractivity contribution in [3.05, 3.63) is 35.4 Å². The molecule has 2 rings (SSSR count). The highest BCUT2D eigenvalue weighted by Crippen LogP contribution is 2.14. The Bertz CT molecular complexity index is 405. The second-order valence-corrected chi connectivity index (χ2v) is 5.10. The molecule has 0 aliphatic carbocycles. The van der Waals surface area contributed by atoms with Gasteiger partial charge in [0, 0.05) is 24.7 Å². The van der Waals surface area contributed by atoms with E-state index in [1.807, 2.05) is 17.0 Å². The summed E-state index contributed by atoms with van der Waals surface area (Å²) in [6.07, 6.45) is 4.25. The maximum atomic E-state index is 12.3. The summed E-state index contributed by atoms with van der Waals surface area (Å²) in [5.41, 5.74) is 7.99. The molecule has 2 N–H and O–H groups in total. The second-order valence-electron chi connectivity index (χ2n) is 5.10. The summed E-state index contributed by atoms with van der Waals surface area (Å²) in [7, 11) is 0. The highest BCUT2D eigenvalue weighted by molar-refractivity contribution is 5.94. The second kappa shape index (κ2) is 7.51. The van der Waals surface area contributed by atoms with E-state index >= 15 is 0 Å². The maximum absolute atomic E-state index is 12.3. The predicted octanol–water partition coefficient (Wildman–Crippen LogP) is 2.62. The summed E-state index contributed by atoms with van der Waals surface area (Å²) in [4.78, 5) is 14.2. The Morgan fingerprint density at radius 2 is 2.05 bits per heavy atom. The number of amides is 1. The lowest BCUT2D eigenvalue weighted by Gasteiger charge is -2.30. The quantitative estimate of drug-likeness (QED) is 0.926. The van der Waals surface area contributed by atoms with Crippen LogP contribution >= 0.6 is 12.4 Å². The largest absolute Gasteiger partial charge is 0.337 e. The van der Waals surface area contributed by atoms with Gasteiger partial charge in [-0.15, -0.1) is 12.4 Å². The highest BCUT2D eigenvalue weighted by Gasteiger charge is 2.21. The molecule has 0 aromatic heterocycles. The average molecular weight is 283 g/mol. The van der Waals surface area contributed by atoms with Crippen LogP contribution in [0.15, 0.2) is 24.3 Å². The molecule has 19 heavy (non-hydrogen) atoms. The molecule has 1 saturated heterocycles. The number of aryl methyl sites for hydroxylation is 1. The molecule has 0 bridgehead atoms. The summed E-state index contributed by atoms with van der Waals surface area (Å²) in [5, 5.41) is 0. The number of carbonyl (C=O) groups is 1. The van der Waals surface area contributed by atoms with E-state index in [4.69, 9.17) is 5.73 Å². The number of hydrogen-bond acceptors (Lipinski definition) is 2. The number of benzene rings is 1. The lowest BCUT2D eigenvalue weighted by Crippen LogP contribution is -2.45. The summed E-state index contributed by atoms with van der Waals surface area (Å²) >= 11 is 0. The predicted molar refractivity (Wildman–Crippen MR) is 80.8 cm³/mol. The van der Waals surface area contributed by atoms with Crippen LogP contribution in [0.25, 0.3) is 0 Å². The Kier molecular flexibility index (Phi) is 6.32. The zero-order chi connectivity index (χ0) is 13.0. The molecule has 0 spiro atoms. The van der Waals surface area contributed by atoms with Gasteiger partial charge >= 0.3 is 0 Å². The molecule has 1 aliphatic rings. The van der Waals surface area contributed by atoms with E-state index in [9.17, 15) is 4.79 Å². The van der Waals surface area contributed by atoms with E-state index < -0.39 is 0 Å². The first-order valence-corrected chi connectivity index (χ1v) is 6.84. The van der Waals surface area contributed by atoms with Crippen LogP contribution in [0.5, 0.6) is 0 Å². The molecule has 106 valence electrons. The van der Waals surface area contributed by atoms with Gasteiger partial charge in [-0.2, -0.15) is 0 Å².